The second-order valence-corrected chi connectivity index (χ2v) is 5.03. The molecule has 7 heteroatoms. The number of nitrogens with two attached hydrogens (primary N) is 1. The first kappa shape index (κ1) is 18.8. The van der Waals surface area contributed by atoms with Crippen molar-refractivity contribution in [2.45, 2.75) is 18.7 Å². The number of hydrogen-bond acceptors (Lipinski definition) is 5. The van der Waals surface area contributed by atoms with Gasteiger partial charge in [-0.2, -0.15) is 0 Å². The molecule has 0 fully saturated rings. The maximum atomic E-state index is 11.5. The number of halogens is 1. The Bertz CT molecular complexity index is 455. The highest BCUT2D eigenvalue weighted by molar-refractivity contribution is 7.99. The van der Waals surface area contributed by atoms with E-state index in [0.717, 1.165) is 5.56 Å². The van der Waals surface area contributed by atoms with Gasteiger partial charge in [0, 0.05) is 11.4 Å². The molecule has 1 amide bonds. The monoisotopic (exact) mass is 318 g/mol. The number of rotatable bonds is 6. The second-order valence-electron chi connectivity index (χ2n) is 4.05. The van der Waals surface area contributed by atoms with Gasteiger partial charge in [0.15, 0.2) is 0 Å². The molecule has 3 N–H and O–H groups in total. The molecule has 0 spiro atoms. The molecule has 1 aromatic rings. The lowest BCUT2D eigenvalue weighted by Gasteiger charge is -2.09. The van der Waals surface area contributed by atoms with Crippen molar-refractivity contribution < 1.29 is 14.3 Å². The second kappa shape index (κ2) is 9.63. The zero-order valence-corrected chi connectivity index (χ0v) is 13.1. The third kappa shape index (κ3) is 6.79. The first-order valence-corrected chi connectivity index (χ1v) is 6.98. The fourth-order valence-electron chi connectivity index (χ4n) is 1.31. The summed E-state index contributed by atoms with van der Waals surface area (Å²) in [5, 5.41) is 2.73. The molecular formula is C13H19ClN2O3S. The molecule has 1 aromatic carbocycles. The van der Waals surface area contributed by atoms with Gasteiger partial charge in [-0.25, -0.2) is 0 Å². The van der Waals surface area contributed by atoms with Crippen LogP contribution < -0.4 is 11.1 Å². The fraction of sp³-hybridized carbons (Fsp3) is 0.385. The van der Waals surface area contributed by atoms with Crippen LogP contribution in [0.1, 0.15) is 12.5 Å². The number of hydrogen-bond donors (Lipinski definition) is 2. The Kier molecular flexibility index (Phi) is 9.03. The van der Waals surface area contributed by atoms with Crippen molar-refractivity contribution in [1.82, 2.24) is 0 Å². The summed E-state index contributed by atoms with van der Waals surface area (Å²) in [4.78, 5) is 22.4. The van der Waals surface area contributed by atoms with Gasteiger partial charge in [-0.1, -0.05) is 12.1 Å². The number of benzene rings is 1. The highest BCUT2D eigenvalue weighted by Crippen LogP contribution is 2.16. The molecule has 0 bridgehead atoms. The number of methoxy groups -OCH3 is 1. The van der Waals surface area contributed by atoms with E-state index in [4.69, 9.17) is 5.73 Å². The first-order chi connectivity index (χ1) is 9.02. The molecule has 0 radical (unpaired) electrons. The van der Waals surface area contributed by atoms with Crippen LogP contribution >= 0.6 is 24.2 Å². The Labute approximate surface area is 129 Å². The first-order valence-electron chi connectivity index (χ1n) is 5.83. The predicted octanol–water partition coefficient (Wildman–Crippen LogP) is 1.80. The number of esters is 1. The summed E-state index contributed by atoms with van der Waals surface area (Å²) < 4.78 is 4.56. The smallest absolute Gasteiger partial charge is 0.315 e. The molecular weight excluding hydrogens is 300 g/mol. The molecule has 5 nitrogen and oxygen atoms in total. The average molecular weight is 319 g/mol. The zero-order valence-electron chi connectivity index (χ0n) is 11.4. The maximum absolute atomic E-state index is 11.5. The zero-order chi connectivity index (χ0) is 14.3. The Balaban J connectivity index is 0.00000361. The normalized spacial score (nSPS) is 11.2. The Morgan fingerprint density at radius 1 is 1.45 bits per heavy atom. The van der Waals surface area contributed by atoms with E-state index in [0.29, 0.717) is 17.2 Å². The van der Waals surface area contributed by atoms with Crippen LogP contribution in [0.2, 0.25) is 0 Å². The summed E-state index contributed by atoms with van der Waals surface area (Å²) in [6, 6.07) is 6.91. The largest absolute Gasteiger partial charge is 0.468 e. The van der Waals surface area contributed by atoms with Crippen LogP contribution in [-0.2, 0) is 20.1 Å². The average Bonchev–Trinajstić information content (AvgIpc) is 2.38. The van der Waals surface area contributed by atoms with E-state index in [9.17, 15) is 9.59 Å². The lowest BCUT2D eigenvalue weighted by Crippen LogP contribution is -2.32. The van der Waals surface area contributed by atoms with Gasteiger partial charge in [-0.15, -0.1) is 24.2 Å². The van der Waals surface area contributed by atoms with Gasteiger partial charge >= 0.3 is 5.97 Å². The summed E-state index contributed by atoms with van der Waals surface area (Å²) in [6.07, 6.45) is 0. The van der Waals surface area contributed by atoms with Crippen LogP contribution in [0, 0.1) is 0 Å². The quantitative estimate of drug-likeness (QED) is 0.782. The van der Waals surface area contributed by atoms with Gasteiger partial charge in [-0.05, 0) is 24.6 Å². The van der Waals surface area contributed by atoms with E-state index in [1.807, 2.05) is 18.2 Å². The van der Waals surface area contributed by atoms with E-state index in [-0.39, 0.29) is 24.3 Å². The molecule has 0 heterocycles. The number of ether oxygens (including phenoxy) is 1. The molecule has 0 aliphatic heterocycles. The molecule has 0 aliphatic rings. The van der Waals surface area contributed by atoms with E-state index in [1.54, 1.807) is 13.0 Å². The molecule has 1 atom stereocenters. The van der Waals surface area contributed by atoms with Gasteiger partial charge in [0.1, 0.15) is 0 Å². The molecule has 112 valence electrons. The van der Waals surface area contributed by atoms with Crippen LogP contribution in [-0.4, -0.2) is 30.8 Å². The summed E-state index contributed by atoms with van der Waals surface area (Å²) in [6.45, 7) is 1.63. The van der Waals surface area contributed by atoms with Crippen molar-refractivity contribution in [1.29, 1.82) is 0 Å². The molecule has 0 saturated heterocycles. The Morgan fingerprint density at radius 2 is 2.15 bits per heavy atom. The minimum absolute atomic E-state index is 0. The van der Waals surface area contributed by atoms with Crippen molar-refractivity contribution >= 4 is 41.7 Å². The topological polar surface area (TPSA) is 81.4 Å². The summed E-state index contributed by atoms with van der Waals surface area (Å²) in [5.41, 5.74) is 7.21. The maximum Gasteiger partial charge on any atom is 0.315 e. The van der Waals surface area contributed by atoms with Crippen LogP contribution in [0.25, 0.3) is 0 Å². The summed E-state index contributed by atoms with van der Waals surface area (Å²) in [7, 11) is 1.37. The Morgan fingerprint density at radius 3 is 2.75 bits per heavy atom. The van der Waals surface area contributed by atoms with E-state index < -0.39 is 6.04 Å². The minimum Gasteiger partial charge on any atom is -0.468 e. The third-order valence-electron chi connectivity index (χ3n) is 2.32. The Hall–Kier alpha value is -1.24. The molecule has 0 saturated carbocycles. The number of anilines is 1. The van der Waals surface area contributed by atoms with Gasteiger partial charge in [0.05, 0.1) is 18.9 Å². The minimum atomic E-state index is -0.544. The molecule has 1 rings (SSSR count). The number of amides is 1. The van der Waals surface area contributed by atoms with Crippen molar-refractivity contribution in [3.63, 3.8) is 0 Å². The predicted molar refractivity (Wildman–Crippen MR) is 84.1 cm³/mol. The third-order valence-corrected chi connectivity index (χ3v) is 3.30. The summed E-state index contributed by atoms with van der Waals surface area (Å²) in [5.74, 6) is 0.523. The number of carbonyl (C=O) groups is 2. The molecule has 0 aliphatic carbocycles. The SMILES string of the molecule is COC(=O)CSCc1cccc(NC(=O)[C@H](C)N)c1.Cl. The van der Waals surface area contributed by atoms with Gasteiger partial charge in [-0.3, -0.25) is 9.59 Å². The van der Waals surface area contributed by atoms with Gasteiger partial charge in [0.25, 0.3) is 0 Å². The van der Waals surface area contributed by atoms with Crippen molar-refractivity contribution in [2.75, 3.05) is 18.2 Å². The van der Waals surface area contributed by atoms with E-state index in [1.165, 1.54) is 18.9 Å². The van der Waals surface area contributed by atoms with Crippen molar-refractivity contribution in [3.8, 4) is 0 Å². The van der Waals surface area contributed by atoms with Crippen molar-refractivity contribution in [2.24, 2.45) is 5.73 Å². The van der Waals surface area contributed by atoms with E-state index >= 15 is 0 Å². The highest BCUT2D eigenvalue weighted by Gasteiger charge is 2.07. The number of carbonyl (C=O) groups excluding carboxylic acids is 2. The van der Waals surface area contributed by atoms with Crippen LogP contribution in [0.15, 0.2) is 24.3 Å². The van der Waals surface area contributed by atoms with Gasteiger partial charge in [0.2, 0.25) is 5.91 Å². The lowest BCUT2D eigenvalue weighted by molar-refractivity contribution is -0.137. The van der Waals surface area contributed by atoms with Crippen LogP contribution in [0.3, 0.4) is 0 Å². The van der Waals surface area contributed by atoms with Crippen molar-refractivity contribution in [3.05, 3.63) is 29.8 Å². The molecule has 0 aromatic heterocycles. The molecule has 0 unspecified atom stereocenters. The highest BCUT2D eigenvalue weighted by atomic mass is 35.5. The lowest BCUT2D eigenvalue weighted by atomic mass is 10.2. The molecule has 20 heavy (non-hydrogen) atoms. The van der Waals surface area contributed by atoms with Crippen LogP contribution in [0.4, 0.5) is 5.69 Å². The standard InChI is InChI=1S/C13H18N2O3S.ClH/c1-9(14)13(17)15-11-5-3-4-10(6-11)7-19-8-12(16)18-2;/h3-6,9H,7-8,14H2,1-2H3,(H,15,17);1H/t9-;/m0./s1. The van der Waals surface area contributed by atoms with E-state index in [2.05, 4.69) is 10.1 Å². The summed E-state index contributed by atoms with van der Waals surface area (Å²) >= 11 is 1.46. The van der Waals surface area contributed by atoms with Crippen LogP contribution in [0.5, 0.6) is 0 Å². The fourth-order valence-corrected chi connectivity index (χ4v) is 2.11. The number of nitrogens with one attached hydrogen (secondary N) is 1. The van der Waals surface area contributed by atoms with Gasteiger partial charge < -0.3 is 15.8 Å². The number of thioether (sulfide) groups is 1.